The van der Waals surface area contributed by atoms with Gasteiger partial charge >= 0.3 is 5.97 Å². The summed E-state index contributed by atoms with van der Waals surface area (Å²) in [5.74, 6) is -1.74. The second-order valence-corrected chi connectivity index (χ2v) is 8.12. The minimum Gasteiger partial charge on any atom is -0.478 e. The molecule has 2 aromatic carbocycles. The highest BCUT2D eigenvalue weighted by Crippen LogP contribution is 2.32. The van der Waals surface area contributed by atoms with Crippen molar-refractivity contribution in [1.29, 1.82) is 0 Å². The van der Waals surface area contributed by atoms with Crippen molar-refractivity contribution in [2.24, 2.45) is 4.99 Å². The summed E-state index contributed by atoms with van der Waals surface area (Å²) in [6, 6.07) is 10.8. The van der Waals surface area contributed by atoms with Gasteiger partial charge in [0, 0.05) is 19.2 Å². The fourth-order valence-corrected chi connectivity index (χ4v) is 4.02. The average Bonchev–Trinajstić information content (AvgIpc) is 2.92. The molecular formula is C19H15Cl2N3O4S. The zero-order valence-electron chi connectivity index (χ0n) is 15.1. The maximum absolute atomic E-state index is 12.5. The molecule has 29 heavy (non-hydrogen) atoms. The van der Waals surface area contributed by atoms with Crippen LogP contribution in [0.25, 0.3) is 0 Å². The molecule has 0 radical (unpaired) electrons. The van der Waals surface area contributed by atoms with Crippen LogP contribution in [0.2, 0.25) is 10.0 Å². The van der Waals surface area contributed by atoms with Crippen molar-refractivity contribution in [3.63, 3.8) is 0 Å². The maximum Gasteiger partial charge on any atom is 0.335 e. The number of carbonyl (C=O) groups excluding carboxylic acids is 2. The number of amides is 2. The van der Waals surface area contributed by atoms with E-state index in [9.17, 15) is 14.4 Å². The number of carbonyl (C=O) groups is 3. The molecule has 150 valence electrons. The molecular weight excluding hydrogens is 437 g/mol. The fourth-order valence-electron chi connectivity index (χ4n) is 2.57. The second kappa shape index (κ2) is 8.86. The third kappa shape index (κ3) is 5.09. The van der Waals surface area contributed by atoms with Crippen LogP contribution in [0.4, 0.5) is 11.4 Å². The summed E-state index contributed by atoms with van der Waals surface area (Å²) >= 11 is 13.1. The summed E-state index contributed by atoms with van der Waals surface area (Å²) in [5, 5.41) is 12.2. The van der Waals surface area contributed by atoms with Crippen molar-refractivity contribution < 1.29 is 19.5 Å². The molecule has 0 spiro atoms. The number of aliphatic imine (C=N–C) groups is 1. The van der Waals surface area contributed by atoms with Crippen LogP contribution in [0.1, 0.15) is 16.8 Å². The van der Waals surface area contributed by atoms with Gasteiger partial charge in [0.15, 0.2) is 5.17 Å². The largest absolute Gasteiger partial charge is 0.478 e. The number of thioether (sulfide) groups is 1. The van der Waals surface area contributed by atoms with E-state index >= 15 is 0 Å². The van der Waals surface area contributed by atoms with Crippen molar-refractivity contribution in [2.75, 3.05) is 12.4 Å². The Kier molecular flexibility index (Phi) is 6.46. The lowest BCUT2D eigenvalue weighted by molar-refractivity contribution is -0.127. The molecule has 1 atom stereocenters. The summed E-state index contributed by atoms with van der Waals surface area (Å²) in [7, 11) is 1.58. The third-order valence-electron chi connectivity index (χ3n) is 4.03. The molecule has 1 aliphatic rings. The van der Waals surface area contributed by atoms with Gasteiger partial charge in [-0.1, -0.05) is 41.0 Å². The topological polar surface area (TPSA) is 99.1 Å². The molecule has 1 fully saturated rings. The van der Waals surface area contributed by atoms with E-state index in [-0.39, 0.29) is 17.9 Å². The SMILES string of the molecule is CN1C(=O)[C@@H](CC(=O)Nc2cccc(C(=O)O)c2)SC1=Nc1ccc(Cl)c(Cl)c1. The van der Waals surface area contributed by atoms with Crippen LogP contribution in [0.5, 0.6) is 0 Å². The molecule has 7 nitrogen and oxygen atoms in total. The summed E-state index contributed by atoms with van der Waals surface area (Å²) in [4.78, 5) is 41.6. The molecule has 10 heteroatoms. The number of hydrogen-bond donors (Lipinski definition) is 2. The number of nitrogens with zero attached hydrogens (tertiary/aromatic N) is 2. The van der Waals surface area contributed by atoms with E-state index in [4.69, 9.17) is 28.3 Å². The third-order valence-corrected chi connectivity index (χ3v) is 6.00. The predicted octanol–water partition coefficient (Wildman–Crippen LogP) is 4.28. The molecule has 0 aromatic heterocycles. The number of nitrogens with one attached hydrogen (secondary N) is 1. The predicted molar refractivity (Wildman–Crippen MR) is 114 cm³/mol. The van der Waals surface area contributed by atoms with Crippen molar-refractivity contribution >= 4 is 69.3 Å². The molecule has 0 bridgehead atoms. The standard InChI is InChI=1S/C19H15Cl2N3O4S/c1-24-17(26)15(29-19(24)23-12-5-6-13(20)14(21)8-12)9-16(25)22-11-4-2-3-10(7-11)18(27)28/h2-8,15H,9H2,1H3,(H,22,25)(H,27,28)/t15-/m1/s1. The number of benzene rings is 2. The number of amidine groups is 1. The minimum atomic E-state index is -1.09. The quantitative estimate of drug-likeness (QED) is 0.706. The van der Waals surface area contributed by atoms with E-state index in [0.717, 1.165) is 0 Å². The molecule has 1 aliphatic heterocycles. The van der Waals surface area contributed by atoms with Gasteiger partial charge in [-0.3, -0.25) is 14.5 Å². The first-order chi connectivity index (χ1) is 13.7. The molecule has 1 saturated heterocycles. The lowest BCUT2D eigenvalue weighted by Gasteiger charge is -2.09. The van der Waals surface area contributed by atoms with Crippen LogP contribution in [-0.2, 0) is 9.59 Å². The van der Waals surface area contributed by atoms with Crippen LogP contribution in [0.3, 0.4) is 0 Å². The van der Waals surface area contributed by atoms with Crippen molar-refractivity contribution in [3.05, 3.63) is 58.1 Å². The number of aromatic carboxylic acids is 1. The number of hydrogen-bond acceptors (Lipinski definition) is 5. The van der Waals surface area contributed by atoms with Crippen LogP contribution < -0.4 is 5.32 Å². The first-order valence-electron chi connectivity index (χ1n) is 8.36. The van der Waals surface area contributed by atoms with Crippen LogP contribution >= 0.6 is 35.0 Å². The van der Waals surface area contributed by atoms with Gasteiger partial charge in [0.25, 0.3) is 0 Å². The van der Waals surface area contributed by atoms with Gasteiger partial charge in [-0.15, -0.1) is 0 Å². The summed E-state index contributed by atoms with van der Waals surface area (Å²) in [6.07, 6.45) is -0.0778. The zero-order chi connectivity index (χ0) is 21.1. The molecule has 0 saturated carbocycles. The van der Waals surface area contributed by atoms with Crippen molar-refractivity contribution in [3.8, 4) is 0 Å². The first kappa shape index (κ1) is 21.2. The minimum absolute atomic E-state index is 0.0601. The smallest absolute Gasteiger partial charge is 0.335 e. The van der Waals surface area contributed by atoms with Gasteiger partial charge in [0.05, 0.1) is 21.3 Å². The van der Waals surface area contributed by atoms with E-state index in [1.165, 1.54) is 34.9 Å². The molecule has 2 amide bonds. The number of halogens is 2. The van der Waals surface area contributed by atoms with Gasteiger partial charge in [-0.05, 0) is 36.4 Å². The zero-order valence-corrected chi connectivity index (χ0v) is 17.4. The van der Waals surface area contributed by atoms with Gasteiger partial charge in [0.1, 0.15) is 5.25 Å². The van der Waals surface area contributed by atoms with Crippen molar-refractivity contribution in [2.45, 2.75) is 11.7 Å². The highest BCUT2D eigenvalue weighted by Gasteiger charge is 2.37. The Bertz CT molecular complexity index is 1030. The van der Waals surface area contributed by atoms with E-state index in [1.807, 2.05) is 0 Å². The van der Waals surface area contributed by atoms with Gasteiger partial charge in [0.2, 0.25) is 11.8 Å². The first-order valence-corrected chi connectivity index (χ1v) is 9.99. The van der Waals surface area contributed by atoms with E-state index < -0.39 is 17.1 Å². The number of rotatable bonds is 5. The monoisotopic (exact) mass is 451 g/mol. The van der Waals surface area contributed by atoms with E-state index in [1.54, 1.807) is 31.3 Å². The number of carboxylic acids is 1. The summed E-state index contributed by atoms with van der Waals surface area (Å²) in [5.41, 5.74) is 0.949. The Labute approximate surface area is 180 Å². The van der Waals surface area contributed by atoms with Crippen LogP contribution in [0, 0.1) is 0 Å². The van der Waals surface area contributed by atoms with Crippen LogP contribution in [0.15, 0.2) is 47.5 Å². The molecule has 2 aromatic rings. The maximum atomic E-state index is 12.5. The average molecular weight is 452 g/mol. The van der Waals surface area contributed by atoms with E-state index in [2.05, 4.69) is 10.3 Å². The van der Waals surface area contributed by atoms with Gasteiger partial charge in [-0.25, -0.2) is 9.79 Å². The molecule has 0 unspecified atom stereocenters. The highest BCUT2D eigenvalue weighted by molar-refractivity contribution is 8.15. The molecule has 3 rings (SSSR count). The Hall–Kier alpha value is -2.55. The fraction of sp³-hybridized carbons (Fsp3) is 0.158. The summed E-state index contributed by atoms with van der Waals surface area (Å²) < 4.78 is 0. The molecule has 1 heterocycles. The Balaban J connectivity index is 1.68. The Morgan fingerprint density at radius 2 is 1.97 bits per heavy atom. The van der Waals surface area contributed by atoms with Crippen LogP contribution in [-0.4, -0.2) is 45.3 Å². The molecule has 0 aliphatic carbocycles. The molecule has 2 N–H and O–H groups in total. The normalized spacial score (nSPS) is 17.6. The second-order valence-electron chi connectivity index (χ2n) is 6.13. The lowest BCUT2D eigenvalue weighted by atomic mass is 10.2. The number of carboxylic acid groups (broad SMARTS) is 1. The van der Waals surface area contributed by atoms with Gasteiger partial charge in [-0.2, -0.15) is 0 Å². The van der Waals surface area contributed by atoms with Gasteiger partial charge < -0.3 is 10.4 Å². The Morgan fingerprint density at radius 3 is 2.66 bits per heavy atom. The van der Waals surface area contributed by atoms with Crippen molar-refractivity contribution in [1.82, 2.24) is 4.90 Å². The highest BCUT2D eigenvalue weighted by atomic mass is 35.5. The summed E-state index contributed by atoms with van der Waals surface area (Å²) in [6.45, 7) is 0. The van der Waals surface area contributed by atoms with E-state index in [0.29, 0.717) is 26.6 Å². The number of anilines is 1. The Morgan fingerprint density at radius 1 is 1.21 bits per heavy atom. The lowest BCUT2D eigenvalue weighted by Crippen LogP contribution is -2.30.